The van der Waals surface area contributed by atoms with Crippen molar-refractivity contribution in [2.45, 2.75) is 42.4 Å². The molecular formula is C41H36N2O4S2. The molecule has 0 unspecified atom stereocenters. The fourth-order valence-corrected chi connectivity index (χ4v) is 9.32. The molecular weight excluding hydrogens is 649 g/mol. The molecule has 6 nitrogen and oxygen atoms in total. The van der Waals surface area contributed by atoms with Gasteiger partial charge in [0, 0.05) is 26.2 Å². The lowest BCUT2D eigenvalue weighted by Gasteiger charge is -2.23. The fourth-order valence-electron chi connectivity index (χ4n) is 6.38. The minimum Gasteiger partial charge on any atom is -0.207 e. The van der Waals surface area contributed by atoms with Crippen LogP contribution in [0.4, 0.5) is 0 Å². The van der Waals surface area contributed by atoms with Gasteiger partial charge in [-0.05, 0) is 75.2 Å². The van der Waals surface area contributed by atoms with Crippen LogP contribution in [0.2, 0.25) is 0 Å². The molecule has 0 amide bonds. The normalized spacial score (nSPS) is 12.6. The summed E-state index contributed by atoms with van der Waals surface area (Å²) < 4.78 is 59.9. The van der Waals surface area contributed by atoms with Gasteiger partial charge >= 0.3 is 0 Å². The fraction of sp³-hybridized carbons (Fsp3) is 0.122. The Morgan fingerprint density at radius 1 is 0.388 bits per heavy atom. The zero-order valence-corrected chi connectivity index (χ0v) is 28.5. The second-order valence-electron chi connectivity index (χ2n) is 12.3. The maximum atomic E-state index is 14.2. The lowest BCUT2D eigenvalue weighted by Crippen LogP contribution is -2.30. The van der Waals surface area contributed by atoms with E-state index in [0.29, 0.717) is 6.42 Å². The van der Waals surface area contributed by atoms with Gasteiger partial charge in [-0.15, -0.1) is 0 Å². The molecule has 0 saturated carbocycles. The molecule has 1 aliphatic carbocycles. The van der Waals surface area contributed by atoms with E-state index in [1.165, 1.54) is 8.61 Å². The Morgan fingerprint density at radius 2 is 0.673 bits per heavy atom. The molecule has 8 heteroatoms. The number of rotatable bonds is 12. The SMILES string of the molecule is O=S(=O)(c1ccc2c(c1)Cc1cc(S(=O)(=O)N(Cc3ccccc3)Cc3ccccc3)ccc1-2)N(Cc1ccccc1)Cc1ccccc1. The van der Waals surface area contributed by atoms with Gasteiger partial charge in [0.1, 0.15) is 0 Å². The maximum Gasteiger partial charge on any atom is 0.243 e. The van der Waals surface area contributed by atoms with Crippen molar-refractivity contribution in [3.05, 3.63) is 191 Å². The van der Waals surface area contributed by atoms with Crippen LogP contribution in [-0.4, -0.2) is 25.4 Å². The Bertz CT molecular complexity index is 2030. The summed E-state index contributed by atoms with van der Waals surface area (Å²) in [6, 6.07) is 48.9. The molecule has 246 valence electrons. The van der Waals surface area contributed by atoms with Gasteiger partial charge in [-0.3, -0.25) is 0 Å². The van der Waals surface area contributed by atoms with E-state index < -0.39 is 20.0 Å². The van der Waals surface area contributed by atoms with Crippen LogP contribution in [-0.2, 0) is 52.6 Å². The molecule has 0 aromatic heterocycles. The third-order valence-electron chi connectivity index (χ3n) is 8.91. The van der Waals surface area contributed by atoms with Crippen molar-refractivity contribution in [2.75, 3.05) is 0 Å². The zero-order chi connectivity index (χ0) is 33.8. The smallest absolute Gasteiger partial charge is 0.207 e. The van der Waals surface area contributed by atoms with Crippen LogP contribution in [0.25, 0.3) is 11.1 Å². The van der Waals surface area contributed by atoms with E-state index in [0.717, 1.165) is 44.5 Å². The molecule has 7 rings (SSSR count). The largest absolute Gasteiger partial charge is 0.243 e. The highest BCUT2D eigenvalue weighted by Crippen LogP contribution is 2.40. The van der Waals surface area contributed by atoms with Crippen molar-refractivity contribution in [1.29, 1.82) is 0 Å². The standard InChI is InChI=1S/C41H36N2O4S2/c44-48(45,42(28-32-13-5-1-6-14-32)29-33-15-7-2-8-16-33)38-21-23-40-36(26-38)25-37-27-39(22-24-41(37)40)49(46,47)43(30-34-17-9-3-10-18-34)31-35-19-11-4-12-20-35/h1-24,26-27H,25,28-31H2. The van der Waals surface area contributed by atoms with Gasteiger partial charge in [-0.2, -0.15) is 8.61 Å². The average Bonchev–Trinajstić information content (AvgIpc) is 3.50. The molecule has 6 aromatic carbocycles. The van der Waals surface area contributed by atoms with Crippen molar-refractivity contribution in [3.63, 3.8) is 0 Å². The molecule has 0 bridgehead atoms. The van der Waals surface area contributed by atoms with Crippen LogP contribution >= 0.6 is 0 Å². The number of sulfonamides is 2. The predicted octanol–water partition coefficient (Wildman–Crippen LogP) is 8.04. The van der Waals surface area contributed by atoms with Gasteiger partial charge in [-0.25, -0.2) is 16.8 Å². The summed E-state index contributed by atoms with van der Waals surface area (Å²) in [4.78, 5) is 0.436. The van der Waals surface area contributed by atoms with Crippen molar-refractivity contribution in [3.8, 4) is 11.1 Å². The lowest BCUT2D eigenvalue weighted by atomic mass is 10.1. The number of nitrogens with zero attached hydrogens (tertiary/aromatic N) is 2. The molecule has 6 aromatic rings. The highest BCUT2D eigenvalue weighted by atomic mass is 32.2. The molecule has 0 heterocycles. The molecule has 0 radical (unpaired) electrons. The summed E-state index contributed by atoms with van der Waals surface area (Å²) in [5.74, 6) is 0. The Kier molecular flexibility index (Phi) is 9.29. The molecule has 0 spiro atoms. The summed E-state index contributed by atoms with van der Waals surface area (Å²) in [6.07, 6.45) is 0.437. The Morgan fingerprint density at radius 3 is 0.959 bits per heavy atom. The van der Waals surface area contributed by atoms with E-state index in [1.807, 2.05) is 133 Å². The van der Waals surface area contributed by atoms with Crippen LogP contribution in [0.15, 0.2) is 168 Å². The topological polar surface area (TPSA) is 74.8 Å². The summed E-state index contributed by atoms with van der Waals surface area (Å²) in [7, 11) is -7.76. The van der Waals surface area contributed by atoms with Gasteiger partial charge in [0.25, 0.3) is 0 Å². The van der Waals surface area contributed by atoms with Crippen LogP contribution in [0.3, 0.4) is 0 Å². The number of hydrogen-bond donors (Lipinski definition) is 0. The van der Waals surface area contributed by atoms with Crippen molar-refractivity contribution in [1.82, 2.24) is 8.61 Å². The number of fused-ring (bicyclic) bond motifs is 3. The number of benzene rings is 6. The molecule has 49 heavy (non-hydrogen) atoms. The summed E-state index contributed by atoms with van der Waals surface area (Å²) in [6.45, 7) is 0.941. The lowest BCUT2D eigenvalue weighted by molar-refractivity contribution is 0.401. The molecule has 1 aliphatic rings. The molecule has 0 atom stereocenters. The second-order valence-corrected chi connectivity index (χ2v) is 16.2. The minimum atomic E-state index is -3.88. The molecule has 0 fully saturated rings. The predicted molar refractivity (Wildman–Crippen MR) is 193 cm³/mol. The summed E-state index contributed by atoms with van der Waals surface area (Å²) in [5, 5.41) is 0. The minimum absolute atomic E-state index is 0.218. The average molecular weight is 685 g/mol. The molecule has 0 saturated heterocycles. The van der Waals surface area contributed by atoms with Gasteiger partial charge in [0.2, 0.25) is 20.0 Å². The van der Waals surface area contributed by atoms with E-state index in [1.54, 1.807) is 24.3 Å². The third kappa shape index (κ3) is 7.14. The monoisotopic (exact) mass is 684 g/mol. The van der Waals surface area contributed by atoms with Gasteiger partial charge < -0.3 is 0 Å². The van der Waals surface area contributed by atoms with Gasteiger partial charge in [0.15, 0.2) is 0 Å². The first kappa shape index (κ1) is 32.7. The van der Waals surface area contributed by atoms with E-state index in [4.69, 9.17) is 0 Å². The Hall–Kier alpha value is -4.86. The van der Waals surface area contributed by atoms with Crippen LogP contribution in [0.1, 0.15) is 33.4 Å². The van der Waals surface area contributed by atoms with Gasteiger partial charge in [-0.1, -0.05) is 133 Å². The van der Waals surface area contributed by atoms with Crippen LogP contribution in [0, 0.1) is 0 Å². The summed E-state index contributed by atoms with van der Waals surface area (Å²) in [5.41, 5.74) is 7.15. The first-order valence-electron chi connectivity index (χ1n) is 16.2. The van der Waals surface area contributed by atoms with E-state index in [2.05, 4.69) is 0 Å². The zero-order valence-electron chi connectivity index (χ0n) is 26.9. The molecule has 0 N–H and O–H groups in total. The highest BCUT2D eigenvalue weighted by Gasteiger charge is 2.30. The second kappa shape index (κ2) is 13.9. The van der Waals surface area contributed by atoms with Crippen molar-refractivity contribution < 1.29 is 16.8 Å². The van der Waals surface area contributed by atoms with E-state index in [9.17, 15) is 16.8 Å². The molecule has 0 aliphatic heterocycles. The van der Waals surface area contributed by atoms with Crippen molar-refractivity contribution >= 4 is 20.0 Å². The van der Waals surface area contributed by atoms with Crippen molar-refractivity contribution in [2.24, 2.45) is 0 Å². The first-order chi connectivity index (χ1) is 23.8. The van der Waals surface area contributed by atoms with Crippen LogP contribution < -0.4 is 0 Å². The van der Waals surface area contributed by atoms with E-state index in [-0.39, 0.29) is 36.0 Å². The Balaban J connectivity index is 1.18. The highest BCUT2D eigenvalue weighted by molar-refractivity contribution is 7.89. The van der Waals surface area contributed by atoms with E-state index >= 15 is 0 Å². The quantitative estimate of drug-likeness (QED) is 0.131. The first-order valence-corrected chi connectivity index (χ1v) is 19.1. The van der Waals surface area contributed by atoms with Crippen LogP contribution in [0.5, 0.6) is 0 Å². The van der Waals surface area contributed by atoms with Gasteiger partial charge in [0.05, 0.1) is 9.79 Å². The maximum absolute atomic E-state index is 14.2. The number of hydrogen-bond acceptors (Lipinski definition) is 4. The third-order valence-corrected chi connectivity index (χ3v) is 12.5. The summed E-state index contributed by atoms with van der Waals surface area (Å²) >= 11 is 0. The Labute approximate surface area is 289 Å².